The van der Waals surface area contributed by atoms with Gasteiger partial charge in [-0.15, -0.1) is 0 Å². The van der Waals surface area contributed by atoms with Crippen molar-refractivity contribution in [3.05, 3.63) is 106 Å². The molecule has 166 valence electrons. The molecule has 0 radical (unpaired) electrons. The summed E-state index contributed by atoms with van der Waals surface area (Å²) >= 11 is 6.16. The zero-order chi connectivity index (χ0) is 23.5. The third-order valence-electron chi connectivity index (χ3n) is 5.44. The third kappa shape index (κ3) is 4.66. The van der Waals surface area contributed by atoms with Crippen LogP contribution in [0.1, 0.15) is 27.0 Å². The number of amides is 2. The van der Waals surface area contributed by atoms with Crippen molar-refractivity contribution >= 4 is 35.1 Å². The van der Waals surface area contributed by atoms with Crippen LogP contribution in [0.5, 0.6) is 5.75 Å². The molecule has 7 heteroatoms. The van der Waals surface area contributed by atoms with E-state index < -0.39 is 17.8 Å². The summed E-state index contributed by atoms with van der Waals surface area (Å²) in [5, 5.41) is 2.73. The van der Waals surface area contributed by atoms with Gasteiger partial charge in [0.15, 0.2) is 0 Å². The SMILES string of the molecule is Cc1cccc(OC(=O)c2ccc(NC3=C(Cl)C(=O)N(Cc4ccccc4)C3=O)cc2)c1C. The van der Waals surface area contributed by atoms with Gasteiger partial charge in [-0.25, -0.2) is 4.79 Å². The van der Waals surface area contributed by atoms with Crippen molar-refractivity contribution < 1.29 is 19.1 Å². The van der Waals surface area contributed by atoms with Gasteiger partial charge in [0, 0.05) is 5.69 Å². The summed E-state index contributed by atoms with van der Waals surface area (Å²) in [5.41, 5.74) is 3.60. The van der Waals surface area contributed by atoms with Crippen molar-refractivity contribution in [3.63, 3.8) is 0 Å². The number of halogens is 1. The monoisotopic (exact) mass is 460 g/mol. The molecule has 0 spiro atoms. The van der Waals surface area contributed by atoms with E-state index in [1.54, 1.807) is 30.3 Å². The third-order valence-corrected chi connectivity index (χ3v) is 5.79. The lowest BCUT2D eigenvalue weighted by molar-refractivity contribution is -0.138. The Bertz CT molecular complexity index is 1270. The first-order valence-electron chi connectivity index (χ1n) is 10.3. The van der Waals surface area contributed by atoms with Gasteiger partial charge in [0.1, 0.15) is 16.5 Å². The highest BCUT2D eigenvalue weighted by Crippen LogP contribution is 2.27. The summed E-state index contributed by atoms with van der Waals surface area (Å²) in [6.45, 7) is 3.97. The smallest absolute Gasteiger partial charge is 0.343 e. The van der Waals surface area contributed by atoms with E-state index in [-0.39, 0.29) is 17.3 Å². The highest BCUT2D eigenvalue weighted by molar-refractivity contribution is 6.48. The summed E-state index contributed by atoms with van der Waals surface area (Å²) in [5.74, 6) is -1.05. The summed E-state index contributed by atoms with van der Waals surface area (Å²) in [6.07, 6.45) is 0. The molecule has 0 fully saturated rings. The van der Waals surface area contributed by atoms with E-state index in [0.29, 0.717) is 17.0 Å². The van der Waals surface area contributed by atoms with Crippen LogP contribution in [0.4, 0.5) is 5.69 Å². The van der Waals surface area contributed by atoms with Gasteiger partial charge in [-0.2, -0.15) is 0 Å². The van der Waals surface area contributed by atoms with Crippen LogP contribution >= 0.6 is 11.6 Å². The Labute approximate surface area is 196 Å². The quantitative estimate of drug-likeness (QED) is 0.320. The number of ether oxygens (including phenoxy) is 1. The molecule has 2 amide bonds. The number of carbonyl (C=O) groups excluding carboxylic acids is 3. The molecular formula is C26H21ClN2O4. The second-order valence-electron chi connectivity index (χ2n) is 7.66. The van der Waals surface area contributed by atoms with Crippen LogP contribution in [0.15, 0.2) is 83.5 Å². The fraction of sp³-hybridized carbons (Fsp3) is 0.115. The van der Waals surface area contributed by atoms with E-state index in [1.807, 2.05) is 56.3 Å². The van der Waals surface area contributed by atoms with E-state index in [4.69, 9.17) is 16.3 Å². The largest absolute Gasteiger partial charge is 0.423 e. The van der Waals surface area contributed by atoms with Gasteiger partial charge < -0.3 is 10.1 Å². The molecule has 0 bridgehead atoms. The molecular weight excluding hydrogens is 440 g/mol. The highest BCUT2D eigenvalue weighted by atomic mass is 35.5. The summed E-state index contributed by atoms with van der Waals surface area (Å²) in [7, 11) is 0. The first-order chi connectivity index (χ1) is 15.8. The average molecular weight is 461 g/mol. The zero-order valence-corrected chi connectivity index (χ0v) is 18.8. The van der Waals surface area contributed by atoms with E-state index in [0.717, 1.165) is 21.6 Å². The minimum atomic E-state index is -0.554. The van der Waals surface area contributed by atoms with Crippen LogP contribution in [-0.2, 0) is 16.1 Å². The van der Waals surface area contributed by atoms with Gasteiger partial charge in [0.2, 0.25) is 0 Å². The Morgan fingerprint density at radius 3 is 2.30 bits per heavy atom. The number of hydrogen-bond donors (Lipinski definition) is 1. The molecule has 1 heterocycles. The summed E-state index contributed by atoms with van der Waals surface area (Å²) in [6, 6.07) is 21.1. The molecule has 1 aliphatic rings. The van der Waals surface area contributed by atoms with E-state index in [2.05, 4.69) is 5.32 Å². The average Bonchev–Trinajstić information content (AvgIpc) is 3.01. The van der Waals surface area contributed by atoms with Crippen LogP contribution in [0.2, 0.25) is 0 Å². The van der Waals surface area contributed by atoms with Gasteiger partial charge in [-0.1, -0.05) is 54.1 Å². The molecule has 0 unspecified atom stereocenters. The van der Waals surface area contributed by atoms with Crippen LogP contribution < -0.4 is 10.1 Å². The number of esters is 1. The van der Waals surface area contributed by atoms with Crippen LogP contribution in [0.25, 0.3) is 0 Å². The molecule has 0 aromatic heterocycles. The minimum absolute atomic E-state index is 0.00306. The van der Waals surface area contributed by atoms with Gasteiger partial charge in [-0.05, 0) is 60.9 Å². The Morgan fingerprint density at radius 2 is 1.61 bits per heavy atom. The van der Waals surface area contributed by atoms with Crippen LogP contribution in [0, 0.1) is 13.8 Å². The first-order valence-corrected chi connectivity index (χ1v) is 10.7. The van der Waals surface area contributed by atoms with Crippen molar-refractivity contribution in [2.45, 2.75) is 20.4 Å². The van der Waals surface area contributed by atoms with Gasteiger partial charge in [0.25, 0.3) is 11.8 Å². The Hall–Kier alpha value is -3.90. The number of carbonyl (C=O) groups is 3. The standard InChI is InChI=1S/C26H21ClN2O4/c1-16-7-6-10-21(17(16)2)33-26(32)19-11-13-20(14-12-19)28-23-22(27)24(30)29(25(23)31)15-18-8-4-3-5-9-18/h3-14,28H,15H2,1-2H3. The molecule has 33 heavy (non-hydrogen) atoms. The Kier molecular flexibility index (Phi) is 6.29. The molecule has 0 aliphatic carbocycles. The lowest BCUT2D eigenvalue weighted by atomic mass is 10.1. The molecule has 6 nitrogen and oxygen atoms in total. The first kappa shape index (κ1) is 22.3. The minimum Gasteiger partial charge on any atom is -0.423 e. The van der Waals surface area contributed by atoms with Crippen molar-refractivity contribution in [1.29, 1.82) is 0 Å². The maximum absolute atomic E-state index is 12.8. The number of nitrogens with zero attached hydrogens (tertiary/aromatic N) is 1. The fourth-order valence-electron chi connectivity index (χ4n) is 3.39. The topological polar surface area (TPSA) is 75.7 Å². The number of rotatable bonds is 6. The highest BCUT2D eigenvalue weighted by Gasteiger charge is 2.37. The molecule has 4 rings (SSSR count). The molecule has 0 saturated heterocycles. The van der Waals surface area contributed by atoms with E-state index >= 15 is 0 Å². The number of aryl methyl sites for hydroxylation is 1. The van der Waals surface area contributed by atoms with E-state index in [9.17, 15) is 14.4 Å². The fourth-order valence-corrected chi connectivity index (χ4v) is 3.62. The lowest BCUT2D eigenvalue weighted by Crippen LogP contribution is -2.31. The maximum Gasteiger partial charge on any atom is 0.343 e. The summed E-state index contributed by atoms with van der Waals surface area (Å²) in [4.78, 5) is 38.9. The van der Waals surface area contributed by atoms with Crippen molar-refractivity contribution in [1.82, 2.24) is 4.90 Å². The molecule has 3 aromatic carbocycles. The lowest BCUT2D eigenvalue weighted by Gasteiger charge is -2.15. The molecule has 0 atom stereocenters. The second kappa shape index (κ2) is 9.30. The zero-order valence-electron chi connectivity index (χ0n) is 18.1. The van der Waals surface area contributed by atoms with Crippen LogP contribution in [-0.4, -0.2) is 22.7 Å². The van der Waals surface area contributed by atoms with Gasteiger partial charge in [-0.3, -0.25) is 14.5 Å². The number of hydrogen-bond acceptors (Lipinski definition) is 5. The predicted octanol–water partition coefficient (Wildman–Crippen LogP) is 4.95. The number of benzene rings is 3. The predicted molar refractivity (Wildman–Crippen MR) is 126 cm³/mol. The molecule has 1 N–H and O–H groups in total. The van der Waals surface area contributed by atoms with Gasteiger partial charge >= 0.3 is 5.97 Å². The molecule has 1 aliphatic heterocycles. The Morgan fingerprint density at radius 1 is 0.909 bits per heavy atom. The molecule has 3 aromatic rings. The van der Waals surface area contributed by atoms with Crippen molar-refractivity contribution in [3.8, 4) is 5.75 Å². The number of anilines is 1. The van der Waals surface area contributed by atoms with Crippen LogP contribution in [0.3, 0.4) is 0 Å². The van der Waals surface area contributed by atoms with Gasteiger partial charge in [0.05, 0.1) is 12.1 Å². The Balaban J connectivity index is 1.45. The normalized spacial score (nSPS) is 13.5. The number of nitrogens with one attached hydrogen (secondary N) is 1. The molecule has 0 saturated carbocycles. The van der Waals surface area contributed by atoms with Crippen molar-refractivity contribution in [2.24, 2.45) is 0 Å². The van der Waals surface area contributed by atoms with Crippen molar-refractivity contribution in [2.75, 3.05) is 5.32 Å². The van der Waals surface area contributed by atoms with E-state index in [1.165, 1.54) is 0 Å². The number of imide groups is 1. The maximum atomic E-state index is 12.8. The second-order valence-corrected chi connectivity index (χ2v) is 8.04. The summed E-state index contributed by atoms with van der Waals surface area (Å²) < 4.78 is 5.51.